The smallest absolute Gasteiger partial charge is 0.328 e. The second-order valence-electron chi connectivity index (χ2n) is 7.18. The quantitative estimate of drug-likeness (QED) is 0.570. The second-order valence-corrected chi connectivity index (χ2v) is 7.18. The summed E-state index contributed by atoms with van der Waals surface area (Å²) in [6.07, 6.45) is 1.28. The zero-order valence-corrected chi connectivity index (χ0v) is 16.3. The molecule has 0 unspecified atom stereocenters. The van der Waals surface area contributed by atoms with Crippen molar-refractivity contribution in [1.29, 1.82) is 0 Å². The zero-order chi connectivity index (χ0) is 20.5. The lowest BCUT2D eigenvalue weighted by molar-refractivity contribution is 0.102. The van der Waals surface area contributed by atoms with Crippen molar-refractivity contribution in [3.8, 4) is 11.5 Å². The number of aryl methyl sites for hydroxylation is 1. The average molecular weight is 388 g/mol. The van der Waals surface area contributed by atoms with E-state index in [-0.39, 0.29) is 17.4 Å². The molecule has 0 saturated carbocycles. The van der Waals surface area contributed by atoms with E-state index < -0.39 is 11.5 Å². The van der Waals surface area contributed by atoms with E-state index in [2.05, 4.69) is 29.2 Å². The number of fused-ring (bicyclic) bond motifs is 1. The highest BCUT2D eigenvalue weighted by molar-refractivity contribution is 6.04. The topological polar surface area (TPSA) is 89.5 Å². The van der Waals surface area contributed by atoms with Crippen molar-refractivity contribution < 1.29 is 9.21 Å². The Bertz CT molecular complexity index is 1240. The molecule has 0 aliphatic heterocycles. The summed E-state index contributed by atoms with van der Waals surface area (Å²) in [7, 11) is 0. The standard InChI is InChI=1S/C22H20N4O3/c1-13(2)15-8-10-17(11-9-15)20-25-26-21(28)18(12-23-22(26)29-20)24-19(27)16-6-4-14(3)5-7-16/h4-13H,1-3H3,(H,24,27). The summed E-state index contributed by atoms with van der Waals surface area (Å²) >= 11 is 0. The predicted molar refractivity (Wildman–Crippen MR) is 110 cm³/mol. The summed E-state index contributed by atoms with van der Waals surface area (Å²) in [5.41, 5.74) is 2.95. The Kier molecular flexibility index (Phi) is 4.72. The maximum absolute atomic E-state index is 12.7. The first kappa shape index (κ1) is 18.6. The van der Waals surface area contributed by atoms with Crippen molar-refractivity contribution in [2.24, 2.45) is 0 Å². The Morgan fingerprint density at radius 1 is 1.07 bits per heavy atom. The zero-order valence-electron chi connectivity index (χ0n) is 16.3. The van der Waals surface area contributed by atoms with Gasteiger partial charge >= 0.3 is 11.4 Å². The third kappa shape index (κ3) is 3.67. The van der Waals surface area contributed by atoms with Crippen molar-refractivity contribution in [2.75, 3.05) is 5.32 Å². The number of benzene rings is 2. The van der Waals surface area contributed by atoms with E-state index in [4.69, 9.17) is 4.42 Å². The highest BCUT2D eigenvalue weighted by atomic mass is 16.4. The monoisotopic (exact) mass is 388 g/mol. The Hall–Kier alpha value is -3.74. The molecule has 0 spiro atoms. The SMILES string of the molecule is Cc1ccc(C(=O)Nc2cnc3oc(-c4ccc(C(C)C)cc4)nn3c2=O)cc1. The molecule has 2 heterocycles. The van der Waals surface area contributed by atoms with Crippen molar-refractivity contribution >= 4 is 17.4 Å². The number of carbonyl (C=O) groups excluding carboxylic acids is 1. The number of nitrogens with zero attached hydrogens (tertiary/aromatic N) is 3. The predicted octanol–water partition coefficient (Wildman–Crippen LogP) is 4.03. The van der Waals surface area contributed by atoms with Gasteiger partial charge in [0.15, 0.2) is 0 Å². The molecular weight excluding hydrogens is 368 g/mol. The van der Waals surface area contributed by atoms with Crippen LogP contribution in [0.3, 0.4) is 0 Å². The number of amides is 1. The van der Waals surface area contributed by atoms with Crippen LogP contribution in [-0.4, -0.2) is 20.5 Å². The summed E-state index contributed by atoms with van der Waals surface area (Å²) in [6.45, 7) is 6.17. The molecule has 1 amide bonds. The van der Waals surface area contributed by atoms with Crippen LogP contribution in [0.1, 0.15) is 41.3 Å². The lowest BCUT2D eigenvalue weighted by atomic mass is 10.0. The molecule has 4 aromatic rings. The molecule has 7 heteroatoms. The van der Waals surface area contributed by atoms with Gasteiger partial charge in [-0.2, -0.15) is 0 Å². The summed E-state index contributed by atoms with van der Waals surface area (Å²) in [5.74, 6) is 0.367. The largest absolute Gasteiger partial charge is 0.403 e. The number of carbonyl (C=O) groups is 1. The fourth-order valence-corrected chi connectivity index (χ4v) is 2.90. The Labute approximate surface area is 167 Å². The van der Waals surface area contributed by atoms with Crippen LogP contribution in [0.5, 0.6) is 0 Å². The molecule has 7 nitrogen and oxygen atoms in total. The van der Waals surface area contributed by atoms with Gasteiger partial charge in [0, 0.05) is 11.1 Å². The van der Waals surface area contributed by atoms with Crippen LogP contribution in [-0.2, 0) is 0 Å². The van der Waals surface area contributed by atoms with E-state index in [1.807, 2.05) is 43.3 Å². The lowest BCUT2D eigenvalue weighted by Crippen LogP contribution is -2.23. The highest BCUT2D eigenvalue weighted by Crippen LogP contribution is 2.22. The minimum Gasteiger partial charge on any atom is -0.403 e. The van der Waals surface area contributed by atoms with E-state index in [1.54, 1.807) is 12.1 Å². The van der Waals surface area contributed by atoms with E-state index in [9.17, 15) is 9.59 Å². The number of nitrogens with one attached hydrogen (secondary N) is 1. The normalized spacial score (nSPS) is 11.2. The summed E-state index contributed by atoms with van der Waals surface area (Å²) in [5, 5.41) is 6.82. The van der Waals surface area contributed by atoms with Gasteiger partial charge in [0.1, 0.15) is 5.69 Å². The maximum Gasteiger partial charge on any atom is 0.328 e. The van der Waals surface area contributed by atoms with Gasteiger partial charge in [-0.05, 0) is 42.7 Å². The fourth-order valence-electron chi connectivity index (χ4n) is 2.90. The van der Waals surface area contributed by atoms with Crippen LogP contribution in [0.4, 0.5) is 5.69 Å². The van der Waals surface area contributed by atoms with E-state index in [0.717, 1.165) is 15.6 Å². The first-order chi connectivity index (χ1) is 13.9. The first-order valence-corrected chi connectivity index (χ1v) is 9.29. The van der Waals surface area contributed by atoms with E-state index in [0.29, 0.717) is 11.5 Å². The van der Waals surface area contributed by atoms with Gasteiger partial charge in [-0.1, -0.05) is 43.7 Å². The highest BCUT2D eigenvalue weighted by Gasteiger charge is 2.15. The fraction of sp³-hybridized carbons (Fsp3) is 0.182. The Balaban J connectivity index is 1.64. The Morgan fingerprint density at radius 3 is 2.41 bits per heavy atom. The number of hydrogen-bond donors (Lipinski definition) is 1. The van der Waals surface area contributed by atoms with Gasteiger partial charge in [-0.3, -0.25) is 9.59 Å². The Morgan fingerprint density at radius 2 is 1.76 bits per heavy atom. The van der Waals surface area contributed by atoms with E-state index in [1.165, 1.54) is 11.8 Å². The second kappa shape index (κ2) is 7.35. The van der Waals surface area contributed by atoms with Crippen molar-refractivity contribution in [2.45, 2.75) is 26.7 Å². The third-order valence-electron chi connectivity index (χ3n) is 4.67. The third-order valence-corrected chi connectivity index (χ3v) is 4.67. The molecular formula is C22H20N4O3. The van der Waals surface area contributed by atoms with Crippen LogP contribution >= 0.6 is 0 Å². The lowest BCUT2D eigenvalue weighted by Gasteiger charge is -2.04. The van der Waals surface area contributed by atoms with Crippen molar-refractivity contribution in [3.05, 3.63) is 81.8 Å². The van der Waals surface area contributed by atoms with Crippen LogP contribution < -0.4 is 10.9 Å². The first-order valence-electron chi connectivity index (χ1n) is 9.29. The minimum atomic E-state index is -0.510. The number of aromatic nitrogens is 3. The van der Waals surface area contributed by atoms with Crippen LogP contribution in [0.2, 0.25) is 0 Å². The molecule has 0 aliphatic rings. The molecule has 0 radical (unpaired) electrons. The van der Waals surface area contributed by atoms with Crippen molar-refractivity contribution in [1.82, 2.24) is 14.6 Å². The number of anilines is 1. The van der Waals surface area contributed by atoms with Gasteiger partial charge in [0.05, 0.1) is 6.20 Å². The average Bonchev–Trinajstić information content (AvgIpc) is 3.16. The molecule has 0 bridgehead atoms. The van der Waals surface area contributed by atoms with Crippen LogP contribution in [0, 0.1) is 6.92 Å². The molecule has 0 saturated heterocycles. The van der Waals surface area contributed by atoms with Crippen LogP contribution in [0.15, 0.2) is 63.9 Å². The maximum atomic E-state index is 12.7. The molecule has 146 valence electrons. The van der Waals surface area contributed by atoms with E-state index >= 15 is 0 Å². The molecule has 0 atom stereocenters. The molecule has 0 fully saturated rings. The molecule has 2 aromatic carbocycles. The summed E-state index contributed by atoms with van der Waals surface area (Å²) < 4.78 is 6.67. The van der Waals surface area contributed by atoms with Gasteiger partial charge in [-0.25, -0.2) is 4.98 Å². The molecule has 4 rings (SSSR count). The number of hydrogen-bond acceptors (Lipinski definition) is 5. The summed E-state index contributed by atoms with van der Waals surface area (Å²) in [6, 6.07) is 14.8. The van der Waals surface area contributed by atoms with Crippen LogP contribution in [0.25, 0.3) is 17.3 Å². The summed E-state index contributed by atoms with van der Waals surface area (Å²) in [4.78, 5) is 29.2. The number of rotatable bonds is 4. The molecule has 29 heavy (non-hydrogen) atoms. The van der Waals surface area contributed by atoms with Gasteiger partial charge < -0.3 is 9.73 Å². The van der Waals surface area contributed by atoms with Gasteiger partial charge in [0.2, 0.25) is 5.89 Å². The van der Waals surface area contributed by atoms with Gasteiger partial charge in [0.25, 0.3) is 5.91 Å². The molecule has 0 aliphatic carbocycles. The minimum absolute atomic E-state index is 0.0306. The van der Waals surface area contributed by atoms with Gasteiger partial charge in [-0.15, -0.1) is 9.61 Å². The molecule has 1 N–H and O–H groups in total. The van der Waals surface area contributed by atoms with Crippen molar-refractivity contribution in [3.63, 3.8) is 0 Å². The molecule has 2 aromatic heterocycles.